The average Bonchev–Trinajstić information content (AvgIpc) is 2.97. The van der Waals surface area contributed by atoms with E-state index in [-0.39, 0.29) is 18.1 Å². The zero-order valence-electron chi connectivity index (χ0n) is 15.1. The topological polar surface area (TPSA) is 78.9 Å². The number of esters is 3. The van der Waals surface area contributed by atoms with Crippen LogP contribution in [0.25, 0.3) is 0 Å². The third-order valence-electron chi connectivity index (χ3n) is 4.64. The van der Waals surface area contributed by atoms with Gasteiger partial charge in [-0.3, -0.25) is 0 Å². The molecule has 2 aliphatic heterocycles. The standard InChI is InChI=1S/C20H22O6/c1-10(2)5-17(21)25-15-7-11(3)6-14-8-13(20(23)24-14)9-16-18(15)12(4)19(22)26-16/h5,7-8,14-16,18H,4,6,9H2,1-3H3/b11-7+/t14-,15?,16?,18+/m1/s1. The number of carbonyl (C=O) groups excluding carboxylic acids is 3. The fourth-order valence-electron chi connectivity index (χ4n) is 3.51. The van der Waals surface area contributed by atoms with Crippen LogP contribution >= 0.6 is 0 Å². The minimum Gasteiger partial charge on any atom is -0.458 e. The van der Waals surface area contributed by atoms with E-state index in [1.165, 1.54) is 6.08 Å². The van der Waals surface area contributed by atoms with Gasteiger partial charge in [-0.15, -0.1) is 0 Å². The number of carbonyl (C=O) groups is 3. The summed E-state index contributed by atoms with van der Waals surface area (Å²) in [7, 11) is 0. The highest BCUT2D eigenvalue weighted by Gasteiger charge is 2.46. The molecule has 0 radical (unpaired) electrons. The molecule has 1 aliphatic carbocycles. The fourth-order valence-corrected chi connectivity index (χ4v) is 3.51. The molecule has 3 rings (SSSR count). The molecule has 0 aromatic carbocycles. The summed E-state index contributed by atoms with van der Waals surface area (Å²) in [4.78, 5) is 36.3. The predicted molar refractivity (Wildman–Crippen MR) is 92.8 cm³/mol. The molecule has 2 bridgehead atoms. The maximum absolute atomic E-state index is 12.2. The largest absolute Gasteiger partial charge is 0.458 e. The van der Waals surface area contributed by atoms with Gasteiger partial charge in [-0.05, 0) is 32.9 Å². The fraction of sp³-hybridized carbons (Fsp3) is 0.450. The zero-order valence-corrected chi connectivity index (χ0v) is 15.1. The molecular formula is C20H22O6. The molecule has 6 heteroatoms. The summed E-state index contributed by atoms with van der Waals surface area (Å²) in [6, 6.07) is 0. The molecule has 0 saturated carbocycles. The van der Waals surface area contributed by atoms with E-state index in [0.717, 1.165) is 11.1 Å². The predicted octanol–water partition coefficient (Wildman–Crippen LogP) is 2.55. The lowest BCUT2D eigenvalue weighted by atomic mass is 9.85. The second-order valence-corrected chi connectivity index (χ2v) is 7.17. The van der Waals surface area contributed by atoms with E-state index < -0.39 is 36.0 Å². The molecule has 0 spiro atoms. The molecule has 0 amide bonds. The summed E-state index contributed by atoms with van der Waals surface area (Å²) in [5.74, 6) is -1.96. The van der Waals surface area contributed by atoms with Crippen LogP contribution in [0.2, 0.25) is 0 Å². The second kappa shape index (κ2) is 6.94. The van der Waals surface area contributed by atoms with Crippen LogP contribution in [0.3, 0.4) is 0 Å². The van der Waals surface area contributed by atoms with E-state index in [2.05, 4.69) is 6.58 Å². The Morgan fingerprint density at radius 2 is 1.92 bits per heavy atom. The van der Waals surface area contributed by atoms with Crippen molar-refractivity contribution >= 4 is 17.9 Å². The third kappa shape index (κ3) is 3.64. The Morgan fingerprint density at radius 1 is 1.19 bits per heavy atom. The van der Waals surface area contributed by atoms with Crippen molar-refractivity contribution in [3.63, 3.8) is 0 Å². The molecule has 0 aromatic heterocycles. The maximum Gasteiger partial charge on any atom is 0.334 e. The Kier molecular flexibility index (Phi) is 4.85. The Morgan fingerprint density at radius 3 is 2.62 bits per heavy atom. The van der Waals surface area contributed by atoms with E-state index in [1.807, 2.05) is 6.92 Å². The van der Waals surface area contributed by atoms with Crippen molar-refractivity contribution in [1.82, 2.24) is 0 Å². The van der Waals surface area contributed by atoms with E-state index in [0.29, 0.717) is 12.0 Å². The van der Waals surface area contributed by atoms with Crippen LogP contribution in [-0.2, 0) is 28.6 Å². The average molecular weight is 358 g/mol. The molecule has 3 aliphatic rings. The van der Waals surface area contributed by atoms with Gasteiger partial charge in [0.2, 0.25) is 0 Å². The summed E-state index contributed by atoms with van der Waals surface area (Å²) >= 11 is 0. The van der Waals surface area contributed by atoms with Crippen molar-refractivity contribution in [3.05, 3.63) is 47.1 Å². The molecule has 0 aromatic rings. The van der Waals surface area contributed by atoms with E-state index in [4.69, 9.17) is 14.2 Å². The van der Waals surface area contributed by atoms with Gasteiger partial charge < -0.3 is 14.2 Å². The van der Waals surface area contributed by atoms with Crippen LogP contribution in [0.5, 0.6) is 0 Å². The first kappa shape index (κ1) is 18.2. The highest BCUT2D eigenvalue weighted by Crippen LogP contribution is 2.38. The van der Waals surface area contributed by atoms with Crippen LogP contribution < -0.4 is 0 Å². The molecule has 2 unspecified atom stereocenters. The van der Waals surface area contributed by atoms with Gasteiger partial charge in [-0.2, -0.15) is 0 Å². The number of allylic oxidation sites excluding steroid dienone is 1. The molecule has 2 heterocycles. The lowest BCUT2D eigenvalue weighted by Gasteiger charge is -2.25. The SMILES string of the molecule is C=C1C(=O)OC2CC3=C[C@@H](C/C(C)=C/C(OC(=O)C=C(C)C)[C@H]12)OC3=O. The number of fused-ring (bicyclic) bond motifs is 2. The van der Waals surface area contributed by atoms with Crippen LogP contribution in [0.15, 0.2) is 47.1 Å². The Bertz CT molecular complexity index is 765. The Balaban J connectivity index is 1.97. The van der Waals surface area contributed by atoms with Crippen LogP contribution in [0, 0.1) is 5.92 Å². The smallest absolute Gasteiger partial charge is 0.334 e. The Hall–Kier alpha value is -2.63. The summed E-state index contributed by atoms with van der Waals surface area (Å²) in [5.41, 5.74) is 2.43. The second-order valence-electron chi connectivity index (χ2n) is 7.17. The minimum atomic E-state index is -0.699. The monoisotopic (exact) mass is 358 g/mol. The third-order valence-corrected chi connectivity index (χ3v) is 4.64. The molecule has 138 valence electrons. The molecule has 1 saturated heterocycles. The summed E-state index contributed by atoms with van der Waals surface area (Å²) < 4.78 is 16.4. The number of hydrogen-bond acceptors (Lipinski definition) is 6. The number of ether oxygens (including phenoxy) is 3. The lowest BCUT2D eigenvalue weighted by Crippen LogP contribution is -2.33. The van der Waals surface area contributed by atoms with Crippen molar-refractivity contribution in [2.45, 2.75) is 51.9 Å². The lowest BCUT2D eigenvalue weighted by molar-refractivity contribution is -0.145. The van der Waals surface area contributed by atoms with E-state index >= 15 is 0 Å². The van der Waals surface area contributed by atoms with Gasteiger partial charge >= 0.3 is 17.9 Å². The number of rotatable bonds is 2. The molecular weight excluding hydrogens is 336 g/mol. The van der Waals surface area contributed by atoms with Gasteiger partial charge in [0.1, 0.15) is 18.3 Å². The molecule has 26 heavy (non-hydrogen) atoms. The van der Waals surface area contributed by atoms with Gasteiger partial charge in [-0.25, -0.2) is 14.4 Å². The highest BCUT2D eigenvalue weighted by atomic mass is 16.6. The molecule has 6 nitrogen and oxygen atoms in total. The number of hydrogen-bond donors (Lipinski definition) is 0. The first-order chi connectivity index (χ1) is 12.2. The Labute approximate surface area is 152 Å². The minimum absolute atomic E-state index is 0.217. The first-order valence-electron chi connectivity index (χ1n) is 8.59. The summed E-state index contributed by atoms with van der Waals surface area (Å²) in [5, 5.41) is 0. The van der Waals surface area contributed by atoms with Crippen LogP contribution in [0.4, 0.5) is 0 Å². The van der Waals surface area contributed by atoms with Crippen molar-refractivity contribution in [2.24, 2.45) is 5.92 Å². The van der Waals surface area contributed by atoms with E-state index in [9.17, 15) is 14.4 Å². The van der Waals surface area contributed by atoms with Gasteiger partial charge in [-0.1, -0.05) is 17.7 Å². The normalized spacial score (nSPS) is 32.5. The van der Waals surface area contributed by atoms with Crippen molar-refractivity contribution in [1.29, 1.82) is 0 Å². The van der Waals surface area contributed by atoms with E-state index in [1.54, 1.807) is 26.0 Å². The van der Waals surface area contributed by atoms with Crippen molar-refractivity contribution in [3.8, 4) is 0 Å². The van der Waals surface area contributed by atoms with Gasteiger partial charge in [0.05, 0.1) is 5.92 Å². The van der Waals surface area contributed by atoms with Crippen LogP contribution in [0.1, 0.15) is 33.6 Å². The van der Waals surface area contributed by atoms with Gasteiger partial charge in [0.25, 0.3) is 0 Å². The highest BCUT2D eigenvalue weighted by molar-refractivity contribution is 5.93. The van der Waals surface area contributed by atoms with Crippen molar-refractivity contribution < 1.29 is 28.6 Å². The molecule has 0 N–H and O–H groups in total. The molecule has 4 atom stereocenters. The summed E-state index contributed by atoms with van der Waals surface area (Å²) in [6.45, 7) is 9.29. The van der Waals surface area contributed by atoms with Crippen molar-refractivity contribution in [2.75, 3.05) is 0 Å². The molecule has 1 fully saturated rings. The van der Waals surface area contributed by atoms with Gasteiger partial charge in [0.15, 0.2) is 0 Å². The quantitative estimate of drug-likeness (QED) is 0.327. The van der Waals surface area contributed by atoms with Gasteiger partial charge in [0, 0.05) is 30.1 Å². The summed E-state index contributed by atoms with van der Waals surface area (Å²) in [6.07, 6.45) is 4.03. The van der Waals surface area contributed by atoms with Crippen LogP contribution in [-0.4, -0.2) is 36.2 Å². The maximum atomic E-state index is 12.2. The zero-order chi connectivity index (χ0) is 19.0. The first-order valence-corrected chi connectivity index (χ1v) is 8.59.